The summed E-state index contributed by atoms with van der Waals surface area (Å²) in [6.45, 7) is 13.7. The second kappa shape index (κ2) is 12.3. The molecule has 7 aromatic rings. The molecule has 53 heavy (non-hydrogen) atoms. The molecule has 2 aliphatic heterocycles. The van der Waals surface area contributed by atoms with Crippen molar-refractivity contribution in [3.8, 4) is 22.5 Å². The van der Waals surface area contributed by atoms with Crippen molar-refractivity contribution < 1.29 is 0 Å². The van der Waals surface area contributed by atoms with E-state index in [2.05, 4.69) is 179 Å². The number of pyridine rings is 2. The van der Waals surface area contributed by atoms with Gasteiger partial charge >= 0.3 is 0 Å². The number of anilines is 6. The van der Waals surface area contributed by atoms with Gasteiger partial charge in [-0.1, -0.05) is 108 Å². The van der Waals surface area contributed by atoms with Crippen LogP contribution >= 0.6 is 0 Å². The standard InChI is InChI=1S/C48H43BN4/c1-47(2,3)32-24-26-40(34(30-32)38-18-11-13-28-50-38)52-42-20-9-7-16-36(42)49-37-17-8-10-21-43(37)53(45-23-15-22-44(52)46(45)49)41-27-25-33(48(4,5)6)31-35(41)39-19-12-14-29-51-39/h7-31H,1-6H3. The van der Waals surface area contributed by atoms with Gasteiger partial charge in [0.15, 0.2) is 0 Å². The predicted molar refractivity (Wildman–Crippen MR) is 224 cm³/mol. The van der Waals surface area contributed by atoms with Crippen LogP contribution in [-0.4, -0.2) is 16.7 Å². The summed E-state index contributed by atoms with van der Waals surface area (Å²) in [5.41, 5.74) is 17.5. The highest BCUT2D eigenvalue weighted by molar-refractivity contribution is 7.00. The zero-order chi connectivity index (χ0) is 36.5. The maximum atomic E-state index is 4.90. The van der Waals surface area contributed by atoms with Gasteiger partial charge < -0.3 is 9.80 Å². The highest BCUT2D eigenvalue weighted by atomic mass is 15.2. The third kappa shape index (κ3) is 5.45. The molecule has 4 nitrogen and oxygen atoms in total. The van der Waals surface area contributed by atoms with Gasteiger partial charge in [-0.3, -0.25) is 9.97 Å². The lowest BCUT2D eigenvalue weighted by Gasteiger charge is -2.44. The van der Waals surface area contributed by atoms with Gasteiger partial charge in [0, 0.05) is 46.3 Å². The van der Waals surface area contributed by atoms with Crippen LogP contribution in [0.2, 0.25) is 0 Å². The fourth-order valence-corrected chi connectivity index (χ4v) is 8.20. The van der Waals surface area contributed by atoms with Crippen molar-refractivity contribution in [2.75, 3.05) is 9.80 Å². The average Bonchev–Trinajstić information content (AvgIpc) is 3.17. The fourth-order valence-electron chi connectivity index (χ4n) is 8.20. The Morgan fingerprint density at radius 1 is 0.415 bits per heavy atom. The molecule has 5 aromatic carbocycles. The average molecular weight is 687 g/mol. The summed E-state index contributed by atoms with van der Waals surface area (Å²) in [5.74, 6) is 0. The summed E-state index contributed by atoms with van der Waals surface area (Å²) in [4.78, 5) is 14.8. The third-order valence-electron chi connectivity index (χ3n) is 10.9. The molecule has 0 unspecified atom stereocenters. The lowest BCUT2D eigenvalue weighted by molar-refractivity contribution is 0.590. The molecule has 0 radical (unpaired) electrons. The smallest absolute Gasteiger partial charge is 0.252 e. The fraction of sp³-hybridized carbons (Fsp3) is 0.167. The van der Waals surface area contributed by atoms with E-state index in [1.165, 1.54) is 50.3 Å². The van der Waals surface area contributed by atoms with Gasteiger partial charge in [0.25, 0.3) is 6.71 Å². The van der Waals surface area contributed by atoms with Crippen LogP contribution in [0.1, 0.15) is 52.7 Å². The van der Waals surface area contributed by atoms with Crippen LogP contribution in [-0.2, 0) is 10.8 Å². The van der Waals surface area contributed by atoms with E-state index in [-0.39, 0.29) is 17.5 Å². The Morgan fingerprint density at radius 2 is 0.830 bits per heavy atom. The molecule has 0 bridgehead atoms. The van der Waals surface area contributed by atoms with Crippen LogP contribution in [0.25, 0.3) is 22.5 Å². The van der Waals surface area contributed by atoms with Crippen LogP contribution in [0, 0.1) is 0 Å². The summed E-state index contributed by atoms with van der Waals surface area (Å²) in [7, 11) is 0. The quantitative estimate of drug-likeness (QED) is 0.173. The van der Waals surface area contributed by atoms with E-state index in [4.69, 9.17) is 9.97 Å². The minimum atomic E-state index is -0.0169. The van der Waals surface area contributed by atoms with Gasteiger partial charge in [-0.05, 0) is 111 Å². The topological polar surface area (TPSA) is 32.3 Å². The number of aromatic nitrogens is 2. The van der Waals surface area contributed by atoms with Crippen molar-refractivity contribution in [1.82, 2.24) is 9.97 Å². The van der Waals surface area contributed by atoms with E-state index in [9.17, 15) is 0 Å². The third-order valence-corrected chi connectivity index (χ3v) is 10.9. The summed E-state index contributed by atoms with van der Waals surface area (Å²) < 4.78 is 0. The van der Waals surface area contributed by atoms with Crippen LogP contribution in [0.3, 0.4) is 0 Å². The van der Waals surface area contributed by atoms with Crippen molar-refractivity contribution in [1.29, 1.82) is 0 Å². The molecular formula is C48H43BN4. The highest BCUT2D eigenvalue weighted by Gasteiger charge is 2.43. The molecule has 2 aliphatic rings. The second-order valence-electron chi connectivity index (χ2n) is 16.3. The van der Waals surface area contributed by atoms with Crippen molar-refractivity contribution in [3.63, 3.8) is 0 Å². The summed E-state index contributed by atoms with van der Waals surface area (Å²) >= 11 is 0. The van der Waals surface area contributed by atoms with Gasteiger partial charge in [-0.15, -0.1) is 0 Å². The normalized spacial score (nSPS) is 13.4. The minimum absolute atomic E-state index is 0.0169. The molecule has 0 saturated heterocycles. The van der Waals surface area contributed by atoms with E-state index in [0.29, 0.717) is 0 Å². The summed E-state index contributed by atoms with van der Waals surface area (Å²) in [6, 6.07) is 51.0. The monoisotopic (exact) mass is 686 g/mol. The molecule has 0 amide bonds. The van der Waals surface area contributed by atoms with Crippen LogP contribution in [0.15, 0.2) is 152 Å². The Morgan fingerprint density at radius 3 is 1.25 bits per heavy atom. The molecule has 0 fully saturated rings. The van der Waals surface area contributed by atoms with Gasteiger partial charge in [0.05, 0.1) is 22.8 Å². The van der Waals surface area contributed by atoms with E-state index >= 15 is 0 Å². The number of rotatable bonds is 4. The molecule has 9 rings (SSSR count). The molecule has 2 aromatic heterocycles. The maximum Gasteiger partial charge on any atom is 0.252 e. The first-order chi connectivity index (χ1) is 25.6. The molecule has 0 spiro atoms. The zero-order valence-electron chi connectivity index (χ0n) is 31.3. The van der Waals surface area contributed by atoms with Gasteiger partial charge in [-0.25, -0.2) is 0 Å². The molecule has 0 saturated carbocycles. The van der Waals surface area contributed by atoms with Gasteiger partial charge in [0.2, 0.25) is 0 Å². The number of nitrogens with zero attached hydrogens (tertiary/aromatic N) is 4. The first-order valence-electron chi connectivity index (χ1n) is 18.6. The molecule has 258 valence electrons. The lowest BCUT2D eigenvalue weighted by Crippen LogP contribution is -2.61. The minimum Gasteiger partial charge on any atom is -0.311 e. The second-order valence-corrected chi connectivity index (χ2v) is 16.3. The van der Waals surface area contributed by atoms with Crippen molar-refractivity contribution in [2.24, 2.45) is 0 Å². The van der Waals surface area contributed by atoms with Crippen LogP contribution < -0.4 is 26.2 Å². The van der Waals surface area contributed by atoms with E-state index in [1.807, 2.05) is 24.5 Å². The Hall–Kier alpha value is -5.94. The molecule has 0 N–H and O–H groups in total. The molecule has 0 atom stereocenters. The Kier molecular flexibility index (Phi) is 7.67. The van der Waals surface area contributed by atoms with Crippen LogP contribution in [0.4, 0.5) is 34.1 Å². The van der Waals surface area contributed by atoms with Crippen molar-refractivity contribution in [3.05, 3.63) is 163 Å². The summed E-state index contributed by atoms with van der Waals surface area (Å²) in [5, 5.41) is 0. The number of fused-ring (bicyclic) bond motifs is 4. The number of hydrogen-bond donors (Lipinski definition) is 0. The maximum absolute atomic E-state index is 4.90. The Labute approximate surface area is 313 Å². The highest BCUT2D eigenvalue weighted by Crippen LogP contribution is 2.48. The van der Waals surface area contributed by atoms with E-state index in [1.54, 1.807) is 0 Å². The van der Waals surface area contributed by atoms with Crippen molar-refractivity contribution >= 4 is 57.2 Å². The zero-order valence-corrected chi connectivity index (χ0v) is 31.3. The van der Waals surface area contributed by atoms with Crippen LogP contribution in [0.5, 0.6) is 0 Å². The lowest BCUT2D eigenvalue weighted by atomic mass is 9.33. The van der Waals surface area contributed by atoms with Crippen molar-refractivity contribution in [2.45, 2.75) is 52.4 Å². The first kappa shape index (κ1) is 32.9. The SMILES string of the molecule is CC(C)(C)c1ccc(N2c3ccccc3B3c4ccccc4N(c4ccc(C(C)(C)C)cc4-c4ccccn4)c4cccc2c43)c(-c2ccccn2)c1. The predicted octanol–water partition coefficient (Wildman–Crippen LogP) is 10.5. The Bertz CT molecular complexity index is 2320. The number of hydrogen-bond acceptors (Lipinski definition) is 4. The summed E-state index contributed by atoms with van der Waals surface area (Å²) in [6.07, 6.45) is 3.79. The largest absolute Gasteiger partial charge is 0.311 e. The van der Waals surface area contributed by atoms with Gasteiger partial charge in [-0.2, -0.15) is 0 Å². The number of benzene rings is 5. The molecule has 4 heterocycles. The Balaban J connectivity index is 1.34. The first-order valence-corrected chi connectivity index (χ1v) is 18.6. The molecular weight excluding hydrogens is 643 g/mol. The van der Waals surface area contributed by atoms with E-state index < -0.39 is 0 Å². The molecule has 0 aliphatic carbocycles. The van der Waals surface area contributed by atoms with Gasteiger partial charge in [0.1, 0.15) is 0 Å². The molecule has 5 heteroatoms. The number of para-hydroxylation sites is 2. The van der Waals surface area contributed by atoms with E-state index in [0.717, 1.165) is 33.9 Å².